The molecule has 1 N–H and O–H groups in total. The number of halogens is 2. The van der Waals surface area contributed by atoms with E-state index in [2.05, 4.69) is 21.7 Å². The van der Waals surface area contributed by atoms with Gasteiger partial charge >= 0.3 is 0 Å². The lowest BCUT2D eigenvalue weighted by Crippen LogP contribution is -2.58. The molecule has 1 aromatic heterocycles. The molecule has 41 heavy (non-hydrogen) atoms. The number of fused-ring (bicyclic) bond motifs is 4. The first-order valence-corrected chi connectivity index (χ1v) is 15.3. The molecule has 1 aliphatic carbocycles. The van der Waals surface area contributed by atoms with Crippen LogP contribution in [0.1, 0.15) is 32.1 Å². The van der Waals surface area contributed by atoms with E-state index in [0.717, 1.165) is 68.7 Å². The summed E-state index contributed by atoms with van der Waals surface area (Å²) < 4.78 is 16.9. The predicted molar refractivity (Wildman–Crippen MR) is 164 cm³/mol. The average molecular weight is 572 g/mol. The Labute approximate surface area is 244 Å². The maximum atomic E-state index is 16.9. The van der Waals surface area contributed by atoms with E-state index >= 15 is 4.39 Å². The highest BCUT2D eigenvalue weighted by molar-refractivity contribution is 6.35. The van der Waals surface area contributed by atoms with E-state index in [0.29, 0.717) is 44.7 Å². The van der Waals surface area contributed by atoms with Crippen molar-refractivity contribution >= 4 is 45.0 Å². The van der Waals surface area contributed by atoms with Gasteiger partial charge in [0.25, 0.3) is 0 Å². The van der Waals surface area contributed by atoms with E-state index in [1.165, 1.54) is 19.3 Å². The third-order valence-electron chi connectivity index (χ3n) is 10.2. The van der Waals surface area contributed by atoms with Crippen LogP contribution in [-0.2, 0) is 0 Å². The fourth-order valence-corrected chi connectivity index (χ4v) is 8.57. The molecule has 4 heterocycles. The average Bonchev–Trinajstić information content (AvgIpc) is 3.29. The van der Waals surface area contributed by atoms with Gasteiger partial charge in [-0.2, -0.15) is 4.98 Å². The number of hydrogen-bond donors (Lipinski definition) is 1. The quantitative estimate of drug-likeness (QED) is 0.295. The number of benzene rings is 3. The largest absolute Gasteiger partial charge is 0.508 e. The summed E-state index contributed by atoms with van der Waals surface area (Å²) in [6.45, 7) is 5.93. The third-order valence-corrected chi connectivity index (χ3v) is 10.5. The van der Waals surface area contributed by atoms with Crippen molar-refractivity contribution in [1.82, 2.24) is 14.9 Å². The van der Waals surface area contributed by atoms with Gasteiger partial charge in [-0.3, -0.25) is 0 Å². The molecule has 4 fully saturated rings. The Morgan fingerprint density at radius 3 is 2.41 bits per heavy atom. The van der Waals surface area contributed by atoms with Crippen LogP contribution in [0.2, 0.25) is 5.02 Å². The van der Waals surface area contributed by atoms with Crippen LogP contribution in [0.4, 0.5) is 16.2 Å². The maximum Gasteiger partial charge on any atom is 0.227 e. The van der Waals surface area contributed by atoms with Crippen molar-refractivity contribution in [2.75, 3.05) is 56.1 Å². The third kappa shape index (κ3) is 4.23. The molecule has 3 aliphatic heterocycles. The Morgan fingerprint density at radius 2 is 1.68 bits per heavy atom. The Bertz CT molecular complexity index is 1670. The van der Waals surface area contributed by atoms with Crippen LogP contribution in [0.15, 0.2) is 42.5 Å². The van der Waals surface area contributed by atoms with Gasteiger partial charge in [-0.05, 0) is 90.9 Å². The molecule has 1 saturated carbocycles. The highest BCUT2D eigenvalue weighted by atomic mass is 35.5. The topological polar surface area (TPSA) is 55.7 Å². The monoisotopic (exact) mass is 571 g/mol. The molecule has 8 heteroatoms. The summed E-state index contributed by atoms with van der Waals surface area (Å²) in [4.78, 5) is 17.1. The number of aromatic nitrogens is 2. The van der Waals surface area contributed by atoms with Crippen LogP contribution in [0.3, 0.4) is 0 Å². The second-order valence-corrected chi connectivity index (χ2v) is 13.5. The molecule has 0 amide bonds. The summed E-state index contributed by atoms with van der Waals surface area (Å²) in [6.07, 6.45) is 5.99. The number of rotatable bonds is 3. The van der Waals surface area contributed by atoms with Crippen molar-refractivity contribution in [3.63, 3.8) is 0 Å². The maximum absolute atomic E-state index is 16.9. The molecule has 4 aromatic rings. The van der Waals surface area contributed by atoms with Crippen molar-refractivity contribution in [2.24, 2.45) is 17.3 Å². The van der Waals surface area contributed by atoms with Crippen molar-refractivity contribution < 1.29 is 9.50 Å². The van der Waals surface area contributed by atoms with E-state index < -0.39 is 5.82 Å². The Balaban J connectivity index is 1.29. The van der Waals surface area contributed by atoms with Crippen molar-refractivity contribution in [1.29, 1.82) is 0 Å². The van der Waals surface area contributed by atoms with Gasteiger partial charge in [0.1, 0.15) is 17.1 Å². The molecular formula is C33H35ClFN5O. The highest BCUT2D eigenvalue weighted by Gasteiger charge is 2.43. The van der Waals surface area contributed by atoms with Crippen LogP contribution in [0.25, 0.3) is 32.8 Å². The molecule has 2 atom stereocenters. The van der Waals surface area contributed by atoms with Gasteiger partial charge in [0.2, 0.25) is 5.95 Å². The molecule has 3 saturated heterocycles. The highest BCUT2D eigenvalue weighted by Crippen LogP contribution is 2.45. The molecule has 4 aliphatic rings. The number of phenols is 1. The zero-order valence-electron chi connectivity index (χ0n) is 23.4. The molecular weight excluding hydrogens is 537 g/mol. The lowest BCUT2D eigenvalue weighted by molar-refractivity contribution is 0.00111. The summed E-state index contributed by atoms with van der Waals surface area (Å²) in [6, 6.07) is 12.8. The van der Waals surface area contributed by atoms with Crippen molar-refractivity contribution in [2.45, 2.75) is 32.1 Å². The van der Waals surface area contributed by atoms with Gasteiger partial charge in [0.15, 0.2) is 5.82 Å². The first kappa shape index (κ1) is 25.5. The minimum atomic E-state index is -0.456. The molecule has 3 aromatic carbocycles. The standard InChI is InChI=1S/C33H35ClFN5O/c1-38-18-33(19-38)8-10-39(11-9-33)32-36-30-26(31(37-32)40-16-20-6-7-21(12-20)17-40)15-27(34)28(29(30)35)25-14-23(41)13-22-4-2-3-5-24(22)25/h2-5,13-15,20-21,41H,6-12,16-19H2,1H3. The Morgan fingerprint density at radius 1 is 0.951 bits per heavy atom. The normalized spacial score (nSPS) is 24.0. The number of phenolic OH excluding ortho intramolecular Hbond substituents is 1. The molecule has 2 unspecified atom stereocenters. The van der Waals surface area contributed by atoms with Crippen LogP contribution in [-0.4, -0.2) is 66.3 Å². The summed E-state index contributed by atoms with van der Waals surface area (Å²) >= 11 is 6.92. The summed E-state index contributed by atoms with van der Waals surface area (Å²) in [5.41, 5.74) is 1.55. The molecule has 2 bridgehead atoms. The number of hydrogen-bond acceptors (Lipinski definition) is 6. The van der Waals surface area contributed by atoms with Crippen LogP contribution in [0.5, 0.6) is 5.75 Å². The predicted octanol–water partition coefficient (Wildman–Crippen LogP) is 6.72. The first-order valence-electron chi connectivity index (χ1n) is 15.0. The fraction of sp³-hybridized carbons (Fsp3) is 0.455. The van der Waals surface area contributed by atoms with E-state index in [9.17, 15) is 5.11 Å². The van der Waals surface area contributed by atoms with Crippen molar-refractivity contribution in [3.8, 4) is 16.9 Å². The number of piperidine rings is 2. The fourth-order valence-electron chi connectivity index (χ4n) is 8.28. The molecule has 1 spiro atoms. The van der Waals surface area contributed by atoms with Crippen molar-refractivity contribution in [3.05, 3.63) is 53.3 Å². The number of likely N-dealkylation sites (tertiary alicyclic amines) is 1. The van der Waals surface area contributed by atoms with Gasteiger partial charge in [-0.25, -0.2) is 9.37 Å². The smallest absolute Gasteiger partial charge is 0.227 e. The molecule has 212 valence electrons. The second-order valence-electron chi connectivity index (χ2n) is 13.1. The molecule has 0 radical (unpaired) electrons. The second kappa shape index (κ2) is 9.43. The zero-order valence-corrected chi connectivity index (χ0v) is 24.2. The van der Waals surface area contributed by atoms with E-state index in [-0.39, 0.29) is 11.3 Å². The zero-order chi connectivity index (χ0) is 27.9. The Kier molecular flexibility index (Phi) is 5.87. The number of nitrogens with zero attached hydrogens (tertiary/aromatic N) is 5. The van der Waals surface area contributed by atoms with Gasteiger partial charge in [-0.15, -0.1) is 0 Å². The lowest BCUT2D eigenvalue weighted by atomic mass is 9.72. The van der Waals surface area contributed by atoms with E-state index in [1.807, 2.05) is 30.3 Å². The van der Waals surface area contributed by atoms with Crippen LogP contribution >= 0.6 is 11.6 Å². The molecule has 6 nitrogen and oxygen atoms in total. The minimum Gasteiger partial charge on any atom is -0.508 e. The number of anilines is 2. The van der Waals surface area contributed by atoms with Gasteiger partial charge in [-0.1, -0.05) is 35.9 Å². The van der Waals surface area contributed by atoms with Crippen LogP contribution < -0.4 is 9.80 Å². The van der Waals surface area contributed by atoms with E-state index in [1.54, 1.807) is 12.1 Å². The summed E-state index contributed by atoms with van der Waals surface area (Å²) in [5.74, 6) is 2.35. The summed E-state index contributed by atoms with van der Waals surface area (Å²) in [5, 5.41) is 13.2. The van der Waals surface area contributed by atoms with E-state index in [4.69, 9.17) is 21.6 Å². The summed E-state index contributed by atoms with van der Waals surface area (Å²) in [7, 11) is 2.18. The van der Waals surface area contributed by atoms with Gasteiger partial charge < -0.3 is 19.8 Å². The van der Waals surface area contributed by atoms with Crippen LogP contribution in [0, 0.1) is 23.1 Å². The Hall–Kier alpha value is -3.16. The minimum absolute atomic E-state index is 0.0750. The van der Waals surface area contributed by atoms with Gasteiger partial charge in [0.05, 0.1) is 5.02 Å². The first-order chi connectivity index (χ1) is 19.9. The SMILES string of the molecule is CN1CC2(CCN(c3nc(N4CC5CCC(C5)C4)c4cc(Cl)c(-c5cc(O)cc6ccccc56)c(F)c4n3)CC2)C1. The van der Waals surface area contributed by atoms with Gasteiger partial charge in [0, 0.05) is 50.2 Å². The number of aromatic hydroxyl groups is 1. The molecule has 8 rings (SSSR count). The lowest BCUT2D eigenvalue weighted by Gasteiger charge is -2.52.